The van der Waals surface area contributed by atoms with Gasteiger partial charge in [-0.25, -0.2) is 4.79 Å². The number of ether oxygens (including phenoxy) is 1. The Hall–Kier alpha value is -1.52. The fraction of sp³-hybridized carbons (Fsp3) is 0.789. The molecule has 5 nitrogen and oxygen atoms in total. The van der Waals surface area contributed by atoms with Crippen molar-refractivity contribution in [2.75, 3.05) is 0 Å². The summed E-state index contributed by atoms with van der Waals surface area (Å²) in [6, 6.07) is -0.179. The number of carbonyl (C=O) groups is 2. The van der Waals surface area contributed by atoms with Gasteiger partial charge in [-0.1, -0.05) is 33.3 Å². The molecule has 0 aliphatic heterocycles. The lowest BCUT2D eigenvalue weighted by Gasteiger charge is -2.30. The first-order valence-electron chi connectivity index (χ1n) is 8.91. The normalized spacial score (nSPS) is 23.6. The summed E-state index contributed by atoms with van der Waals surface area (Å²) in [4.78, 5) is 24.4. The number of hydrogen-bond acceptors (Lipinski definition) is 3. The van der Waals surface area contributed by atoms with Crippen LogP contribution in [0.3, 0.4) is 0 Å². The van der Waals surface area contributed by atoms with Crippen LogP contribution >= 0.6 is 0 Å². The minimum atomic E-state index is -0.451. The molecule has 2 unspecified atom stereocenters. The standard InChI is InChI=1S/C19H34N2O3/c1-18(2,3)13-16(22)20-14-11-9-7-8-10-12-15(14)24-17(23)21-19(4,5)6/h10,12,14-15H,7-9,11,13H2,1-6H3,(H,20,22)(H,21,23)/b12-10+. The summed E-state index contributed by atoms with van der Waals surface area (Å²) in [6.07, 6.45) is 7.39. The highest BCUT2D eigenvalue weighted by molar-refractivity contribution is 5.77. The molecule has 0 radical (unpaired) electrons. The fourth-order valence-electron chi connectivity index (χ4n) is 2.63. The zero-order valence-electron chi connectivity index (χ0n) is 16.1. The predicted octanol–water partition coefficient (Wildman–Crippen LogP) is 3.93. The first-order chi connectivity index (χ1) is 11.0. The van der Waals surface area contributed by atoms with E-state index < -0.39 is 12.2 Å². The number of nitrogens with one attached hydrogen (secondary N) is 2. The second kappa shape index (κ2) is 8.54. The van der Waals surface area contributed by atoms with Gasteiger partial charge in [0.25, 0.3) is 0 Å². The molecule has 0 aromatic heterocycles. The largest absolute Gasteiger partial charge is 0.440 e. The Kier molecular flexibility index (Phi) is 7.30. The molecule has 2 atom stereocenters. The smallest absolute Gasteiger partial charge is 0.408 e. The molecule has 0 saturated carbocycles. The van der Waals surface area contributed by atoms with E-state index in [1.807, 2.05) is 53.7 Å². The van der Waals surface area contributed by atoms with E-state index in [0.29, 0.717) is 6.42 Å². The quantitative estimate of drug-likeness (QED) is 0.766. The molecule has 0 heterocycles. The van der Waals surface area contributed by atoms with Crippen LogP contribution in [0.15, 0.2) is 12.2 Å². The first kappa shape index (κ1) is 20.5. The van der Waals surface area contributed by atoms with E-state index in [4.69, 9.17) is 4.74 Å². The van der Waals surface area contributed by atoms with Crippen LogP contribution in [-0.2, 0) is 9.53 Å². The highest BCUT2D eigenvalue weighted by atomic mass is 16.6. The highest BCUT2D eigenvalue weighted by Gasteiger charge is 2.28. The lowest BCUT2D eigenvalue weighted by atomic mass is 9.91. The van der Waals surface area contributed by atoms with Crippen molar-refractivity contribution < 1.29 is 14.3 Å². The monoisotopic (exact) mass is 338 g/mol. The molecule has 1 aliphatic rings. The molecule has 2 amide bonds. The van der Waals surface area contributed by atoms with Crippen molar-refractivity contribution in [3.8, 4) is 0 Å². The molecule has 0 saturated heterocycles. The van der Waals surface area contributed by atoms with E-state index in [1.54, 1.807) is 0 Å². The Morgan fingerprint density at radius 3 is 2.38 bits per heavy atom. The van der Waals surface area contributed by atoms with Gasteiger partial charge >= 0.3 is 6.09 Å². The molecule has 0 spiro atoms. The zero-order valence-corrected chi connectivity index (χ0v) is 16.1. The summed E-state index contributed by atoms with van der Waals surface area (Å²) in [7, 11) is 0. The van der Waals surface area contributed by atoms with Crippen LogP contribution < -0.4 is 10.6 Å². The Morgan fingerprint density at radius 1 is 1.12 bits per heavy atom. The maximum atomic E-state index is 12.3. The molecule has 1 aliphatic carbocycles. The molecule has 0 fully saturated rings. The Labute approximate surface area is 146 Å². The second-order valence-electron chi connectivity index (χ2n) is 8.87. The Bertz CT molecular complexity index is 458. The highest BCUT2D eigenvalue weighted by Crippen LogP contribution is 2.20. The van der Waals surface area contributed by atoms with Crippen molar-refractivity contribution in [1.29, 1.82) is 0 Å². The summed E-state index contributed by atoms with van der Waals surface area (Å²) in [5, 5.41) is 5.87. The Balaban J connectivity index is 2.75. The third-order valence-electron chi connectivity index (χ3n) is 3.62. The van der Waals surface area contributed by atoms with Crippen LogP contribution in [0.5, 0.6) is 0 Å². The van der Waals surface area contributed by atoms with Gasteiger partial charge in [-0.15, -0.1) is 0 Å². The van der Waals surface area contributed by atoms with E-state index in [2.05, 4.69) is 10.6 Å². The van der Waals surface area contributed by atoms with E-state index in [0.717, 1.165) is 25.7 Å². The third kappa shape index (κ3) is 8.94. The van der Waals surface area contributed by atoms with E-state index in [1.165, 1.54) is 0 Å². The number of hydrogen-bond donors (Lipinski definition) is 2. The summed E-state index contributed by atoms with van der Waals surface area (Å²) in [5.41, 5.74) is -0.422. The van der Waals surface area contributed by atoms with Gasteiger partial charge in [0, 0.05) is 12.0 Å². The van der Waals surface area contributed by atoms with Crippen molar-refractivity contribution in [2.24, 2.45) is 5.41 Å². The summed E-state index contributed by atoms with van der Waals surface area (Å²) in [6.45, 7) is 11.8. The van der Waals surface area contributed by atoms with Gasteiger partial charge in [0.2, 0.25) is 5.91 Å². The van der Waals surface area contributed by atoms with Gasteiger partial charge in [-0.3, -0.25) is 4.79 Å². The fourth-order valence-corrected chi connectivity index (χ4v) is 2.63. The number of amides is 2. The van der Waals surface area contributed by atoms with Gasteiger partial charge in [0.05, 0.1) is 6.04 Å². The second-order valence-corrected chi connectivity index (χ2v) is 8.87. The van der Waals surface area contributed by atoms with Crippen LogP contribution in [0.4, 0.5) is 4.79 Å². The van der Waals surface area contributed by atoms with Crippen molar-refractivity contribution in [2.45, 2.75) is 91.3 Å². The zero-order chi connectivity index (χ0) is 18.4. The molecule has 0 aromatic rings. The van der Waals surface area contributed by atoms with Crippen molar-refractivity contribution in [3.05, 3.63) is 12.2 Å². The number of rotatable bonds is 3. The van der Waals surface area contributed by atoms with E-state index in [9.17, 15) is 9.59 Å². The molecule has 0 aromatic carbocycles. The molecule has 1 rings (SSSR count). The average molecular weight is 338 g/mol. The molecular formula is C19H34N2O3. The average Bonchev–Trinajstić information content (AvgIpc) is 2.32. The van der Waals surface area contributed by atoms with Crippen LogP contribution in [0.1, 0.15) is 73.6 Å². The topological polar surface area (TPSA) is 67.4 Å². The van der Waals surface area contributed by atoms with Crippen LogP contribution in [0, 0.1) is 5.41 Å². The minimum Gasteiger partial charge on any atom is -0.440 e. The number of carbonyl (C=O) groups excluding carboxylic acids is 2. The molecular weight excluding hydrogens is 304 g/mol. The Morgan fingerprint density at radius 2 is 1.79 bits per heavy atom. The van der Waals surface area contributed by atoms with Crippen molar-refractivity contribution >= 4 is 12.0 Å². The van der Waals surface area contributed by atoms with Crippen LogP contribution in [0.2, 0.25) is 0 Å². The first-order valence-corrected chi connectivity index (χ1v) is 8.91. The molecule has 5 heteroatoms. The maximum Gasteiger partial charge on any atom is 0.408 e. The lowest BCUT2D eigenvalue weighted by Crippen LogP contribution is -2.48. The molecule has 24 heavy (non-hydrogen) atoms. The summed E-state index contributed by atoms with van der Waals surface area (Å²) in [5.74, 6) is 0.00584. The molecule has 2 N–H and O–H groups in total. The lowest BCUT2D eigenvalue weighted by molar-refractivity contribution is -0.124. The third-order valence-corrected chi connectivity index (χ3v) is 3.62. The van der Waals surface area contributed by atoms with Gasteiger partial charge in [-0.05, 0) is 51.5 Å². The summed E-state index contributed by atoms with van der Waals surface area (Å²) >= 11 is 0. The van der Waals surface area contributed by atoms with E-state index in [-0.39, 0.29) is 22.9 Å². The van der Waals surface area contributed by atoms with Crippen molar-refractivity contribution in [1.82, 2.24) is 10.6 Å². The van der Waals surface area contributed by atoms with Crippen molar-refractivity contribution in [3.63, 3.8) is 0 Å². The van der Waals surface area contributed by atoms with Gasteiger partial charge in [0.1, 0.15) is 6.10 Å². The molecule has 138 valence electrons. The number of alkyl carbamates (subject to hydrolysis) is 1. The maximum absolute atomic E-state index is 12.3. The van der Waals surface area contributed by atoms with Gasteiger partial charge in [0.15, 0.2) is 0 Å². The number of allylic oxidation sites excluding steroid dienone is 1. The molecule has 0 bridgehead atoms. The van der Waals surface area contributed by atoms with Crippen LogP contribution in [-0.4, -0.2) is 29.7 Å². The van der Waals surface area contributed by atoms with Gasteiger partial charge in [-0.2, -0.15) is 0 Å². The SMILES string of the molecule is CC(C)(C)CC(=O)NC1CCCC/C=C/C1OC(=O)NC(C)(C)C. The van der Waals surface area contributed by atoms with Crippen LogP contribution in [0.25, 0.3) is 0 Å². The minimum absolute atomic E-state index is 0.00584. The summed E-state index contributed by atoms with van der Waals surface area (Å²) < 4.78 is 5.59. The van der Waals surface area contributed by atoms with E-state index >= 15 is 0 Å². The predicted molar refractivity (Wildman–Crippen MR) is 96.8 cm³/mol. The van der Waals surface area contributed by atoms with Gasteiger partial charge < -0.3 is 15.4 Å².